The van der Waals surface area contributed by atoms with Crippen LogP contribution in [0.2, 0.25) is 5.02 Å². The first-order chi connectivity index (χ1) is 14.1. The van der Waals surface area contributed by atoms with Crippen LogP contribution in [0.1, 0.15) is 25.7 Å². The van der Waals surface area contributed by atoms with E-state index in [1.807, 2.05) is 6.92 Å². The van der Waals surface area contributed by atoms with Gasteiger partial charge in [-0.05, 0) is 31.0 Å². The zero-order valence-corrected chi connectivity index (χ0v) is 17.8. The first kappa shape index (κ1) is 22.3. The van der Waals surface area contributed by atoms with Gasteiger partial charge in [0.05, 0.1) is 27.4 Å². The lowest BCUT2D eigenvalue weighted by atomic mass is 10.0. The molecule has 10 heteroatoms. The number of aromatic nitrogens is 2. The number of carbonyl (C=O) groups is 1. The SMILES string of the molecule is Cc1sc(C(=O)NC(CN)Cc2cccc(C(F)(F)F)c2)cc1-c1c(Cl)cnn1C. The van der Waals surface area contributed by atoms with Gasteiger partial charge in [0.1, 0.15) is 0 Å². The van der Waals surface area contributed by atoms with Crippen LogP contribution in [0.25, 0.3) is 11.3 Å². The quantitative estimate of drug-likeness (QED) is 0.576. The highest BCUT2D eigenvalue weighted by molar-refractivity contribution is 7.14. The molecular weight excluding hydrogens is 437 g/mol. The van der Waals surface area contributed by atoms with Gasteiger partial charge in [0.15, 0.2) is 0 Å². The molecule has 3 rings (SSSR count). The predicted molar refractivity (Wildman–Crippen MR) is 112 cm³/mol. The molecule has 0 aliphatic heterocycles. The van der Waals surface area contributed by atoms with Crippen LogP contribution in [-0.4, -0.2) is 28.3 Å². The number of hydrogen-bond donors (Lipinski definition) is 2. The van der Waals surface area contributed by atoms with E-state index in [2.05, 4.69) is 10.4 Å². The molecule has 1 atom stereocenters. The lowest BCUT2D eigenvalue weighted by Crippen LogP contribution is -2.41. The topological polar surface area (TPSA) is 72.9 Å². The standard InChI is InChI=1S/C20H20ClF3N4OS/c1-11-15(18-16(21)10-26-28(18)2)8-17(30-11)19(29)27-14(9-25)7-12-4-3-5-13(6-12)20(22,23)24/h3-6,8,10,14H,7,9,25H2,1-2H3,(H,27,29). The minimum Gasteiger partial charge on any atom is -0.347 e. The molecule has 0 spiro atoms. The van der Waals surface area contributed by atoms with Crippen LogP contribution in [0.15, 0.2) is 36.5 Å². The lowest BCUT2D eigenvalue weighted by molar-refractivity contribution is -0.137. The number of rotatable bonds is 6. The van der Waals surface area contributed by atoms with Crippen molar-refractivity contribution >= 4 is 28.8 Å². The molecule has 1 amide bonds. The first-order valence-electron chi connectivity index (χ1n) is 9.05. The molecule has 0 aliphatic carbocycles. The van der Waals surface area contributed by atoms with Gasteiger partial charge >= 0.3 is 6.18 Å². The van der Waals surface area contributed by atoms with Crippen molar-refractivity contribution in [3.8, 4) is 11.3 Å². The van der Waals surface area contributed by atoms with E-state index in [4.69, 9.17) is 17.3 Å². The molecule has 1 unspecified atom stereocenters. The van der Waals surface area contributed by atoms with E-state index < -0.39 is 17.8 Å². The minimum absolute atomic E-state index is 0.0900. The molecule has 5 nitrogen and oxygen atoms in total. The monoisotopic (exact) mass is 456 g/mol. The molecule has 2 heterocycles. The van der Waals surface area contributed by atoms with Crippen molar-refractivity contribution in [3.63, 3.8) is 0 Å². The van der Waals surface area contributed by atoms with Crippen LogP contribution in [-0.2, 0) is 19.6 Å². The van der Waals surface area contributed by atoms with Crippen molar-refractivity contribution in [2.24, 2.45) is 12.8 Å². The fourth-order valence-electron chi connectivity index (χ4n) is 3.15. The average molecular weight is 457 g/mol. The van der Waals surface area contributed by atoms with E-state index in [0.717, 1.165) is 22.6 Å². The van der Waals surface area contributed by atoms with Crippen molar-refractivity contribution in [2.75, 3.05) is 6.54 Å². The molecule has 160 valence electrons. The van der Waals surface area contributed by atoms with Crippen LogP contribution in [0.5, 0.6) is 0 Å². The number of nitrogens with one attached hydrogen (secondary N) is 1. The number of halogens is 4. The van der Waals surface area contributed by atoms with Crippen molar-refractivity contribution in [3.05, 3.63) is 62.4 Å². The number of amides is 1. The van der Waals surface area contributed by atoms with Gasteiger partial charge in [-0.3, -0.25) is 9.48 Å². The predicted octanol–water partition coefficient (Wildman–Crippen LogP) is 4.43. The summed E-state index contributed by atoms with van der Waals surface area (Å²) in [6.07, 6.45) is -2.69. The van der Waals surface area contributed by atoms with Gasteiger partial charge in [-0.2, -0.15) is 18.3 Å². The Hall–Kier alpha value is -2.36. The largest absolute Gasteiger partial charge is 0.416 e. The van der Waals surface area contributed by atoms with E-state index >= 15 is 0 Å². The first-order valence-corrected chi connectivity index (χ1v) is 10.2. The van der Waals surface area contributed by atoms with Crippen molar-refractivity contribution < 1.29 is 18.0 Å². The summed E-state index contributed by atoms with van der Waals surface area (Å²) >= 11 is 7.51. The number of alkyl halides is 3. The molecule has 2 aromatic heterocycles. The summed E-state index contributed by atoms with van der Waals surface area (Å²) < 4.78 is 40.4. The fraction of sp³-hybridized carbons (Fsp3) is 0.300. The van der Waals surface area contributed by atoms with Crippen LogP contribution in [0.4, 0.5) is 13.2 Å². The summed E-state index contributed by atoms with van der Waals surface area (Å²) in [7, 11) is 1.76. The Bertz CT molecular complexity index is 1040. The summed E-state index contributed by atoms with van der Waals surface area (Å²) in [6, 6.07) is 6.25. The molecule has 3 aromatic rings. The van der Waals surface area contributed by atoms with E-state index in [1.54, 1.807) is 23.9 Å². The van der Waals surface area contributed by atoms with Crippen LogP contribution in [0, 0.1) is 6.92 Å². The number of carbonyl (C=O) groups excluding carboxylic acids is 1. The number of hydrogen-bond acceptors (Lipinski definition) is 4. The highest BCUT2D eigenvalue weighted by atomic mass is 35.5. The minimum atomic E-state index is -4.42. The van der Waals surface area contributed by atoms with E-state index in [0.29, 0.717) is 21.2 Å². The second-order valence-corrected chi connectivity index (χ2v) is 8.52. The molecule has 0 saturated carbocycles. The highest BCUT2D eigenvalue weighted by Crippen LogP contribution is 2.35. The van der Waals surface area contributed by atoms with E-state index in [1.165, 1.54) is 23.6 Å². The fourth-order valence-corrected chi connectivity index (χ4v) is 4.34. The molecule has 0 radical (unpaired) electrons. The number of aryl methyl sites for hydroxylation is 2. The van der Waals surface area contributed by atoms with Crippen LogP contribution in [0.3, 0.4) is 0 Å². The number of nitrogens with zero attached hydrogens (tertiary/aromatic N) is 2. The zero-order valence-electron chi connectivity index (χ0n) is 16.3. The Labute approximate surface area is 180 Å². The number of thiophene rings is 1. The molecule has 0 bridgehead atoms. The maximum atomic E-state index is 12.9. The molecule has 1 aromatic carbocycles. The van der Waals surface area contributed by atoms with Crippen LogP contribution < -0.4 is 11.1 Å². The number of benzene rings is 1. The number of nitrogens with two attached hydrogens (primary N) is 1. The van der Waals surface area contributed by atoms with Gasteiger partial charge in [0.25, 0.3) is 5.91 Å². The second-order valence-electron chi connectivity index (χ2n) is 6.85. The molecule has 30 heavy (non-hydrogen) atoms. The summed E-state index contributed by atoms with van der Waals surface area (Å²) in [5, 5.41) is 7.41. The molecule has 0 fully saturated rings. The Morgan fingerprint density at radius 2 is 2.10 bits per heavy atom. The van der Waals surface area contributed by atoms with Gasteiger partial charge in [-0.1, -0.05) is 29.8 Å². The normalized spacial score (nSPS) is 12.8. The summed E-state index contributed by atoms with van der Waals surface area (Å²) in [5.74, 6) is -0.338. The summed E-state index contributed by atoms with van der Waals surface area (Å²) in [6.45, 7) is 1.97. The van der Waals surface area contributed by atoms with Gasteiger partial charge in [-0.15, -0.1) is 11.3 Å². The van der Waals surface area contributed by atoms with Gasteiger partial charge in [0.2, 0.25) is 0 Å². The Balaban J connectivity index is 1.76. The molecule has 0 aliphatic rings. The van der Waals surface area contributed by atoms with Crippen molar-refractivity contribution in [1.29, 1.82) is 0 Å². The highest BCUT2D eigenvalue weighted by Gasteiger charge is 2.30. The van der Waals surface area contributed by atoms with Crippen molar-refractivity contribution in [1.82, 2.24) is 15.1 Å². The third-order valence-corrected chi connectivity index (χ3v) is 5.97. The van der Waals surface area contributed by atoms with Gasteiger partial charge in [-0.25, -0.2) is 0 Å². The maximum Gasteiger partial charge on any atom is 0.416 e. The molecule has 0 saturated heterocycles. The smallest absolute Gasteiger partial charge is 0.347 e. The Morgan fingerprint density at radius 1 is 1.37 bits per heavy atom. The lowest BCUT2D eigenvalue weighted by Gasteiger charge is -2.17. The van der Waals surface area contributed by atoms with E-state index in [9.17, 15) is 18.0 Å². The summed E-state index contributed by atoms with van der Waals surface area (Å²) in [5.41, 5.74) is 7.00. The zero-order chi connectivity index (χ0) is 22.1. The van der Waals surface area contributed by atoms with Crippen LogP contribution >= 0.6 is 22.9 Å². The van der Waals surface area contributed by atoms with Gasteiger partial charge < -0.3 is 11.1 Å². The maximum absolute atomic E-state index is 12.9. The summed E-state index contributed by atoms with van der Waals surface area (Å²) in [4.78, 5) is 14.1. The average Bonchev–Trinajstić information content (AvgIpc) is 3.22. The van der Waals surface area contributed by atoms with Crippen molar-refractivity contribution in [2.45, 2.75) is 25.6 Å². The second kappa shape index (κ2) is 8.79. The molecular formula is C20H20ClF3N4OS. The third-order valence-electron chi connectivity index (χ3n) is 4.65. The van der Waals surface area contributed by atoms with Gasteiger partial charge in [0, 0.05) is 30.1 Å². The Morgan fingerprint density at radius 3 is 2.70 bits per heavy atom. The molecule has 3 N–H and O–H groups in total. The van der Waals surface area contributed by atoms with E-state index in [-0.39, 0.29) is 18.9 Å². The third kappa shape index (κ3) is 4.85. The Kier molecular flexibility index (Phi) is 6.54.